The van der Waals surface area contributed by atoms with Crippen LogP contribution in [0.3, 0.4) is 0 Å². The zero-order valence-electron chi connectivity index (χ0n) is 12.5. The molecule has 1 aromatic carbocycles. The number of aliphatic imine (C=N–C) groups is 1. The standard InChI is InChI=1S/C15H16N2O6/c1-15(2)12(14(20)21)11(10(7-16-15)13(18)19)8-4-3-5-9(6-8)17(22)23/h3-7,10-12H,1-2H3,(H,18,19)(H,20,21). The molecule has 0 amide bonds. The van der Waals surface area contributed by atoms with Crippen LogP contribution in [0.15, 0.2) is 29.3 Å². The summed E-state index contributed by atoms with van der Waals surface area (Å²) in [7, 11) is 0. The van der Waals surface area contributed by atoms with E-state index in [2.05, 4.69) is 4.99 Å². The Bertz CT molecular complexity index is 697. The average Bonchev–Trinajstić information content (AvgIpc) is 2.45. The Morgan fingerprint density at radius 2 is 1.91 bits per heavy atom. The van der Waals surface area contributed by atoms with Gasteiger partial charge >= 0.3 is 11.9 Å². The Hall–Kier alpha value is -2.77. The largest absolute Gasteiger partial charge is 0.481 e. The number of nitro groups is 1. The summed E-state index contributed by atoms with van der Waals surface area (Å²) >= 11 is 0. The third-order valence-corrected chi connectivity index (χ3v) is 4.09. The summed E-state index contributed by atoms with van der Waals surface area (Å²) in [5.41, 5.74) is -0.929. The molecule has 1 aliphatic rings. The van der Waals surface area contributed by atoms with Gasteiger partial charge in [-0.3, -0.25) is 24.7 Å². The van der Waals surface area contributed by atoms with Crippen LogP contribution >= 0.6 is 0 Å². The van der Waals surface area contributed by atoms with E-state index < -0.39 is 40.2 Å². The highest BCUT2D eigenvalue weighted by molar-refractivity contribution is 5.92. The van der Waals surface area contributed by atoms with Crippen LogP contribution in [-0.2, 0) is 9.59 Å². The van der Waals surface area contributed by atoms with E-state index in [-0.39, 0.29) is 5.69 Å². The Labute approximate surface area is 131 Å². The fourth-order valence-electron chi connectivity index (χ4n) is 3.01. The lowest BCUT2D eigenvalue weighted by Gasteiger charge is -2.39. The number of aliphatic carboxylic acids is 2. The SMILES string of the molecule is CC1(C)N=CC(C(=O)O)C(c2cccc([N+](=O)[O-])c2)C1C(=O)O. The highest BCUT2D eigenvalue weighted by Crippen LogP contribution is 2.43. The van der Waals surface area contributed by atoms with Crippen LogP contribution in [0, 0.1) is 22.0 Å². The van der Waals surface area contributed by atoms with Gasteiger partial charge in [-0.2, -0.15) is 0 Å². The molecule has 3 unspecified atom stereocenters. The van der Waals surface area contributed by atoms with Crippen LogP contribution in [0.4, 0.5) is 5.69 Å². The predicted molar refractivity (Wildman–Crippen MR) is 80.7 cm³/mol. The second-order valence-electron chi connectivity index (χ2n) is 5.99. The van der Waals surface area contributed by atoms with Crippen LogP contribution in [-0.4, -0.2) is 38.8 Å². The van der Waals surface area contributed by atoms with Gasteiger partial charge in [-0.25, -0.2) is 0 Å². The zero-order chi connectivity index (χ0) is 17.4. The minimum atomic E-state index is -1.22. The number of carboxylic acid groups (broad SMARTS) is 2. The molecule has 3 atom stereocenters. The summed E-state index contributed by atoms with van der Waals surface area (Å²) in [5.74, 6) is -5.62. The second kappa shape index (κ2) is 5.79. The van der Waals surface area contributed by atoms with Gasteiger partial charge in [0.2, 0.25) is 0 Å². The van der Waals surface area contributed by atoms with Crippen molar-refractivity contribution < 1.29 is 24.7 Å². The van der Waals surface area contributed by atoms with E-state index in [1.165, 1.54) is 30.5 Å². The third-order valence-electron chi connectivity index (χ3n) is 4.09. The van der Waals surface area contributed by atoms with E-state index in [9.17, 15) is 29.9 Å². The molecule has 1 heterocycles. The molecule has 2 N–H and O–H groups in total. The molecule has 2 rings (SSSR count). The highest BCUT2D eigenvalue weighted by atomic mass is 16.6. The molecule has 23 heavy (non-hydrogen) atoms. The van der Waals surface area contributed by atoms with Crippen LogP contribution in [0.5, 0.6) is 0 Å². The van der Waals surface area contributed by atoms with Crippen molar-refractivity contribution in [2.75, 3.05) is 0 Å². The number of benzene rings is 1. The van der Waals surface area contributed by atoms with Gasteiger partial charge in [0, 0.05) is 24.3 Å². The lowest BCUT2D eigenvalue weighted by atomic mass is 9.67. The molecular formula is C15H16N2O6. The van der Waals surface area contributed by atoms with Crippen LogP contribution < -0.4 is 0 Å². The maximum atomic E-state index is 11.7. The molecule has 1 aliphatic heterocycles. The lowest BCUT2D eigenvalue weighted by molar-refractivity contribution is -0.385. The van der Waals surface area contributed by atoms with Crippen molar-refractivity contribution in [3.05, 3.63) is 39.9 Å². The van der Waals surface area contributed by atoms with Crippen molar-refractivity contribution in [3.63, 3.8) is 0 Å². The van der Waals surface area contributed by atoms with Crippen molar-refractivity contribution in [2.45, 2.75) is 25.3 Å². The summed E-state index contributed by atoms with van der Waals surface area (Å²) in [6.07, 6.45) is 1.23. The fraction of sp³-hybridized carbons (Fsp3) is 0.400. The normalized spacial score (nSPS) is 25.7. The number of non-ortho nitro benzene ring substituents is 1. The monoisotopic (exact) mass is 320 g/mol. The molecule has 122 valence electrons. The van der Waals surface area contributed by atoms with Crippen molar-refractivity contribution in [3.8, 4) is 0 Å². The van der Waals surface area contributed by atoms with E-state index in [1.807, 2.05) is 0 Å². The summed E-state index contributed by atoms with van der Waals surface area (Å²) in [6.45, 7) is 3.20. The van der Waals surface area contributed by atoms with Gasteiger partial charge in [0.25, 0.3) is 5.69 Å². The fourth-order valence-corrected chi connectivity index (χ4v) is 3.01. The molecule has 0 bridgehead atoms. The van der Waals surface area contributed by atoms with Gasteiger partial charge in [0.15, 0.2) is 0 Å². The number of carboxylic acids is 2. The average molecular weight is 320 g/mol. The number of nitro benzene ring substituents is 1. The minimum absolute atomic E-state index is 0.212. The number of rotatable bonds is 4. The second-order valence-corrected chi connectivity index (χ2v) is 5.99. The molecular weight excluding hydrogens is 304 g/mol. The smallest absolute Gasteiger partial charge is 0.312 e. The first-order chi connectivity index (χ1) is 10.6. The van der Waals surface area contributed by atoms with Crippen molar-refractivity contribution in [2.24, 2.45) is 16.8 Å². The van der Waals surface area contributed by atoms with Crippen LogP contribution in [0.2, 0.25) is 0 Å². The van der Waals surface area contributed by atoms with Gasteiger partial charge in [-0.05, 0) is 19.4 Å². The Morgan fingerprint density at radius 3 is 2.43 bits per heavy atom. The lowest BCUT2D eigenvalue weighted by Crippen LogP contribution is -2.47. The van der Waals surface area contributed by atoms with E-state index in [1.54, 1.807) is 13.8 Å². The number of hydrogen-bond acceptors (Lipinski definition) is 5. The first-order valence-corrected chi connectivity index (χ1v) is 6.90. The van der Waals surface area contributed by atoms with Gasteiger partial charge in [0.05, 0.1) is 22.3 Å². The van der Waals surface area contributed by atoms with Crippen LogP contribution in [0.1, 0.15) is 25.3 Å². The maximum Gasteiger partial charge on any atom is 0.312 e. The quantitative estimate of drug-likeness (QED) is 0.644. The predicted octanol–water partition coefficient (Wildman–Crippen LogP) is 1.94. The third kappa shape index (κ3) is 3.05. The molecule has 0 aliphatic carbocycles. The molecule has 0 spiro atoms. The molecule has 8 heteroatoms. The topological polar surface area (TPSA) is 130 Å². The summed E-state index contributed by atoms with van der Waals surface area (Å²) in [4.78, 5) is 37.7. The summed E-state index contributed by atoms with van der Waals surface area (Å²) in [5, 5.41) is 29.9. The zero-order valence-corrected chi connectivity index (χ0v) is 12.5. The highest BCUT2D eigenvalue weighted by Gasteiger charge is 2.49. The Morgan fingerprint density at radius 1 is 1.26 bits per heavy atom. The van der Waals surface area contributed by atoms with Gasteiger partial charge < -0.3 is 10.2 Å². The Balaban J connectivity index is 2.63. The molecule has 0 saturated heterocycles. The summed E-state index contributed by atoms with van der Waals surface area (Å²) < 4.78 is 0. The van der Waals surface area contributed by atoms with Gasteiger partial charge in [-0.1, -0.05) is 12.1 Å². The minimum Gasteiger partial charge on any atom is -0.481 e. The number of hydrogen-bond donors (Lipinski definition) is 2. The molecule has 0 radical (unpaired) electrons. The summed E-state index contributed by atoms with van der Waals surface area (Å²) in [6, 6.07) is 5.44. The van der Waals surface area contributed by atoms with E-state index in [4.69, 9.17) is 0 Å². The molecule has 8 nitrogen and oxygen atoms in total. The van der Waals surface area contributed by atoms with E-state index >= 15 is 0 Å². The van der Waals surface area contributed by atoms with Crippen molar-refractivity contribution in [1.82, 2.24) is 0 Å². The van der Waals surface area contributed by atoms with Gasteiger partial charge in [-0.15, -0.1) is 0 Å². The van der Waals surface area contributed by atoms with E-state index in [0.29, 0.717) is 5.56 Å². The number of nitrogens with zero attached hydrogens (tertiary/aromatic N) is 2. The van der Waals surface area contributed by atoms with Crippen molar-refractivity contribution in [1.29, 1.82) is 0 Å². The van der Waals surface area contributed by atoms with Gasteiger partial charge in [0.1, 0.15) is 0 Å². The maximum absolute atomic E-state index is 11.7. The molecule has 0 aromatic heterocycles. The molecule has 0 saturated carbocycles. The molecule has 0 fully saturated rings. The van der Waals surface area contributed by atoms with E-state index in [0.717, 1.165) is 0 Å². The molecule has 1 aromatic rings. The van der Waals surface area contributed by atoms with Crippen molar-refractivity contribution >= 4 is 23.8 Å². The Kier molecular flexibility index (Phi) is 4.18. The van der Waals surface area contributed by atoms with Crippen LogP contribution in [0.25, 0.3) is 0 Å². The first kappa shape index (κ1) is 16.6. The number of carbonyl (C=O) groups is 2. The first-order valence-electron chi connectivity index (χ1n) is 6.90.